The molecule has 0 N–H and O–H groups in total. The molecule has 2 saturated heterocycles. The lowest BCUT2D eigenvalue weighted by molar-refractivity contribution is -0.137. The Labute approximate surface area is 220 Å². The summed E-state index contributed by atoms with van der Waals surface area (Å²) in [5, 5.41) is 0.269. The Balaban J connectivity index is 1.24. The van der Waals surface area contributed by atoms with Gasteiger partial charge < -0.3 is 14.7 Å². The van der Waals surface area contributed by atoms with Gasteiger partial charge in [-0.3, -0.25) is 9.59 Å². The Hall–Kier alpha value is -2.60. The lowest BCUT2D eigenvalue weighted by atomic mass is 9.80. The molecule has 0 unspecified atom stereocenters. The van der Waals surface area contributed by atoms with E-state index in [1.54, 1.807) is 20.2 Å². The quantitative estimate of drug-likeness (QED) is 0.497. The van der Waals surface area contributed by atoms with Gasteiger partial charge in [0.2, 0.25) is 5.91 Å². The number of rotatable bonds is 6. The van der Waals surface area contributed by atoms with E-state index in [2.05, 4.69) is 26.9 Å². The highest BCUT2D eigenvalue weighted by molar-refractivity contribution is 6.32. The summed E-state index contributed by atoms with van der Waals surface area (Å²) in [6, 6.07) is 13.8. The zero-order valence-electron chi connectivity index (χ0n) is 22.0. The van der Waals surface area contributed by atoms with Gasteiger partial charge in [-0.1, -0.05) is 41.9 Å². The van der Waals surface area contributed by atoms with Gasteiger partial charge in [-0.15, -0.1) is 0 Å². The normalized spacial score (nSPS) is 17.8. The summed E-state index contributed by atoms with van der Waals surface area (Å²) in [6.07, 6.45) is 5.70. The van der Waals surface area contributed by atoms with E-state index in [-0.39, 0.29) is 17.0 Å². The minimum atomic E-state index is -0.490. The Morgan fingerprint density at radius 1 is 0.944 bits per heavy atom. The second kappa shape index (κ2) is 11.2. The molecule has 6 nitrogen and oxygen atoms in total. The number of aromatic nitrogens is 1. The van der Waals surface area contributed by atoms with E-state index in [4.69, 9.17) is 11.6 Å². The highest BCUT2D eigenvalue weighted by Gasteiger charge is 2.36. The van der Waals surface area contributed by atoms with Crippen LogP contribution in [0, 0.1) is 11.8 Å². The number of likely N-dealkylation sites (tertiary alicyclic amines) is 1. The Bertz CT molecular complexity index is 1060. The molecular weight excluding hydrogens is 472 g/mol. The van der Waals surface area contributed by atoms with Crippen LogP contribution in [-0.2, 0) is 10.2 Å². The molecule has 0 radical (unpaired) electrons. The zero-order valence-corrected chi connectivity index (χ0v) is 22.8. The van der Waals surface area contributed by atoms with Crippen LogP contribution in [0.15, 0.2) is 42.5 Å². The first kappa shape index (κ1) is 26.5. The van der Waals surface area contributed by atoms with Crippen molar-refractivity contribution in [2.45, 2.75) is 51.4 Å². The number of hydrogen-bond acceptors (Lipinski definition) is 4. The number of pyridine rings is 1. The molecule has 1 aromatic carbocycles. The van der Waals surface area contributed by atoms with E-state index in [1.807, 2.05) is 38.1 Å². The van der Waals surface area contributed by atoms with Gasteiger partial charge in [0, 0.05) is 40.3 Å². The lowest BCUT2D eigenvalue weighted by Crippen LogP contribution is -2.47. The fraction of sp³-hybridized carbons (Fsp3) is 0.552. The maximum atomic E-state index is 13.3. The van der Waals surface area contributed by atoms with E-state index in [9.17, 15) is 9.59 Å². The molecular formula is C29H39ClN4O2. The van der Waals surface area contributed by atoms with Gasteiger partial charge in [0.25, 0.3) is 5.91 Å². The molecule has 4 rings (SSSR count). The Morgan fingerprint density at radius 3 is 2.08 bits per heavy atom. The third kappa shape index (κ3) is 5.86. The van der Waals surface area contributed by atoms with E-state index >= 15 is 0 Å². The highest BCUT2D eigenvalue weighted by atomic mass is 35.5. The molecule has 0 atom stereocenters. The topological polar surface area (TPSA) is 56.8 Å². The molecule has 2 aliphatic heterocycles. The van der Waals surface area contributed by atoms with Crippen LogP contribution in [0.2, 0.25) is 5.15 Å². The lowest BCUT2D eigenvalue weighted by Gasteiger charge is -2.39. The van der Waals surface area contributed by atoms with Gasteiger partial charge in [0.15, 0.2) is 0 Å². The number of hydrogen-bond donors (Lipinski definition) is 0. The van der Waals surface area contributed by atoms with Gasteiger partial charge in [-0.2, -0.15) is 0 Å². The van der Waals surface area contributed by atoms with Crippen molar-refractivity contribution < 1.29 is 9.59 Å². The first-order chi connectivity index (χ1) is 17.2. The van der Waals surface area contributed by atoms with Gasteiger partial charge in [-0.05, 0) is 75.5 Å². The number of carbonyl (C=O) groups is 2. The van der Waals surface area contributed by atoms with Crippen molar-refractivity contribution in [1.82, 2.24) is 14.8 Å². The number of nitrogens with zero attached hydrogens (tertiary/aromatic N) is 4. The summed E-state index contributed by atoms with van der Waals surface area (Å²) < 4.78 is 0. The van der Waals surface area contributed by atoms with Crippen molar-refractivity contribution in [3.63, 3.8) is 0 Å². The third-order valence-electron chi connectivity index (χ3n) is 8.01. The molecule has 2 aliphatic rings. The summed E-state index contributed by atoms with van der Waals surface area (Å²) in [5.41, 5.74) is 1.03. The summed E-state index contributed by atoms with van der Waals surface area (Å²) in [5.74, 6) is 2.36. The highest BCUT2D eigenvalue weighted by Crippen LogP contribution is 2.33. The summed E-state index contributed by atoms with van der Waals surface area (Å²) in [7, 11) is 3.43. The van der Waals surface area contributed by atoms with Gasteiger partial charge in [0.1, 0.15) is 11.0 Å². The Kier molecular flexibility index (Phi) is 8.23. The fourth-order valence-electron chi connectivity index (χ4n) is 5.62. The SMILES string of the molecule is CN(C)C(=O)c1ccc(N2CCC(CC3CCN(C(=O)C(C)(C)c4ccccc4)CC3)CC2)nc1Cl. The maximum absolute atomic E-state index is 13.3. The molecule has 0 aliphatic carbocycles. The molecule has 1 aromatic heterocycles. The van der Waals surface area contributed by atoms with Crippen molar-refractivity contribution in [2.75, 3.05) is 45.2 Å². The largest absolute Gasteiger partial charge is 0.357 e. The predicted octanol–water partition coefficient (Wildman–Crippen LogP) is 5.26. The van der Waals surface area contributed by atoms with Gasteiger partial charge in [-0.25, -0.2) is 4.98 Å². The first-order valence-electron chi connectivity index (χ1n) is 13.1. The smallest absolute Gasteiger partial charge is 0.256 e. The molecule has 7 heteroatoms. The fourth-order valence-corrected chi connectivity index (χ4v) is 5.85. The predicted molar refractivity (Wildman–Crippen MR) is 146 cm³/mol. The van der Waals surface area contributed by atoms with Gasteiger partial charge >= 0.3 is 0 Å². The minimum Gasteiger partial charge on any atom is -0.357 e. The van der Waals surface area contributed by atoms with E-state index in [0.29, 0.717) is 17.4 Å². The average molecular weight is 511 g/mol. The van der Waals surface area contributed by atoms with Crippen LogP contribution in [0.1, 0.15) is 61.9 Å². The minimum absolute atomic E-state index is 0.130. The molecule has 0 saturated carbocycles. The maximum Gasteiger partial charge on any atom is 0.256 e. The number of piperidine rings is 2. The van der Waals surface area contributed by atoms with Crippen LogP contribution in [0.25, 0.3) is 0 Å². The second-order valence-electron chi connectivity index (χ2n) is 11.1. The van der Waals surface area contributed by atoms with Crippen molar-refractivity contribution >= 4 is 29.2 Å². The van der Waals surface area contributed by atoms with Crippen molar-refractivity contribution in [2.24, 2.45) is 11.8 Å². The molecule has 2 amide bonds. The standard InChI is InChI=1S/C29H39ClN4O2/c1-29(2,23-8-6-5-7-9-23)28(36)34-18-14-22(15-19-34)20-21-12-16-33(17-13-21)25-11-10-24(26(30)31-25)27(35)32(3)4/h5-11,21-22H,12-20H2,1-4H3. The summed E-state index contributed by atoms with van der Waals surface area (Å²) in [6.45, 7) is 7.72. The molecule has 2 aromatic rings. The van der Waals surface area contributed by atoms with E-state index in [0.717, 1.165) is 63.2 Å². The number of amides is 2. The van der Waals surface area contributed by atoms with Crippen LogP contribution in [0.4, 0.5) is 5.82 Å². The summed E-state index contributed by atoms with van der Waals surface area (Å²) >= 11 is 6.33. The monoisotopic (exact) mass is 510 g/mol. The first-order valence-corrected chi connectivity index (χ1v) is 13.5. The molecule has 2 fully saturated rings. The second-order valence-corrected chi connectivity index (χ2v) is 11.5. The molecule has 0 spiro atoms. The number of halogens is 1. The number of benzene rings is 1. The van der Waals surface area contributed by atoms with Crippen molar-refractivity contribution in [3.05, 3.63) is 58.7 Å². The average Bonchev–Trinajstić information content (AvgIpc) is 2.89. The zero-order chi connectivity index (χ0) is 25.9. The Morgan fingerprint density at radius 2 is 1.53 bits per heavy atom. The molecule has 3 heterocycles. The van der Waals surface area contributed by atoms with Crippen LogP contribution >= 0.6 is 11.6 Å². The third-order valence-corrected chi connectivity index (χ3v) is 8.30. The van der Waals surface area contributed by atoms with Crippen molar-refractivity contribution in [1.29, 1.82) is 0 Å². The van der Waals surface area contributed by atoms with Crippen LogP contribution in [0.3, 0.4) is 0 Å². The molecule has 36 heavy (non-hydrogen) atoms. The molecule has 0 bridgehead atoms. The van der Waals surface area contributed by atoms with Crippen LogP contribution in [0.5, 0.6) is 0 Å². The van der Waals surface area contributed by atoms with Crippen LogP contribution in [-0.4, -0.2) is 66.9 Å². The van der Waals surface area contributed by atoms with Crippen molar-refractivity contribution in [3.8, 4) is 0 Å². The van der Waals surface area contributed by atoms with Gasteiger partial charge in [0.05, 0.1) is 11.0 Å². The number of carbonyl (C=O) groups excluding carboxylic acids is 2. The van der Waals surface area contributed by atoms with E-state index in [1.165, 1.54) is 11.3 Å². The number of anilines is 1. The molecule has 194 valence electrons. The van der Waals surface area contributed by atoms with Crippen LogP contribution < -0.4 is 4.90 Å². The summed E-state index contributed by atoms with van der Waals surface area (Å²) in [4.78, 5) is 35.9. The van der Waals surface area contributed by atoms with E-state index < -0.39 is 5.41 Å².